The molecule has 1 aliphatic heterocycles. The lowest BCUT2D eigenvalue weighted by Gasteiger charge is -2.34. The summed E-state index contributed by atoms with van der Waals surface area (Å²) >= 11 is 1.75. The molecule has 4 heteroatoms. The van der Waals surface area contributed by atoms with Crippen LogP contribution in [0.1, 0.15) is 49.7 Å². The minimum atomic E-state index is 0.170. The number of piperidine rings is 1. The minimum Gasteiger partial charge on any atom is -0.396 e. The van der Waals surface area contributed by atoms with E-state index in [0.717, 1.165) is 18.7 Å². The Morgan fingerprint density at radius 2 is 2.39 bits per heavy atom. The summed E-state index contributed by atoms with van der Waals surface area (Å²) in [6.45, 7) is 6.85. The van der Waals surface area contributed by atoms with Gasteiger partial charge in [0.25, 0.3) is 0 Å². The molecule has 2 rings (SSSR count). The first-order valence-electron chi connectivity index (χ1n) is 7.03. The molecule has 1 aromatic rings. The zero-order valence-electron chi connectivity index (χ0n) is 11.4. The van der Waals surface area contributed by atoms with Gasteiger partial charge in [0.1, 0.15) is 0 Å². The number of rotatable bonds is 5. The monoisotopic (exact) mass is 268 g/mol. The van der Waals surface area contributed by atoms with Gasteiger partial charge in [0.2, 0.25) is 0 Å². The van der Waals surface area contributed by atoms with Gasteiger partial charge in [-0.2, -0.15) is 0 Å². The summed E-state index contributed by atoms with van der Waals surface area (Å²) in [5, 5.41) is 12.5. The smallest absolute Gasteiger partial charge is 0.0944 e. The second-order valence-corrected chi connectivity index (χ2v) is 6.17. The maximum atomic E-state index is 9.16. The van der Waals surface area contributed by atoms with Gasteiger partial charge in [0.15, 0.2) is 0 Å². The fourth-order valence-corrected chi connectivity index (χ4v) is 3.64. The number of aliphatic hydroxyl groups is 1. The number of aliphatic hydroxyl groups excluding tert-OH is 1. The van der Waals surface area contributed by atoms with Crippen LogP contribution in [-0.2, 0) is 6.42 Å². The van der Waals surface area contributed by atoms with Gasteiger partial charge in [0.05, 0.1) is 17.3 Å². The van der Waals surface area contributed by atoms with Crippen molar-refractivity contribution in [1.29, 1.82) is 0 Å². The normalized spacial score (nSPS) is 23.2. The Hall–Kier alpha value is -0.450. The molecule has 0 bridgehead atoms. The maximum Gasteiger partial charge on any atom is 0.0944 e. The molecule has 0 radical (unpaired) electrons. The highest BCUT2D eigenvalue weighted by Gasteiger charge is 2.22. The molecule has 0 aliphatic carbocycles. The first kappa shape index (κ1) is 14.0. The first-order chi connectivity index (χ1) is 8.74. The van der Waals surface area contributed by atoms with Crippen LogP contribution in [-0.4, -0.2) is 40.7 Å². The zero-order chi connectivity index (χ0) is 13.0. The largest absolute Gasteiger partial charge is 0.396 e. The Morgan fingerprint density at radius 1 is 1.56 bits per heavy atom. The predicted octanol–water partition coefficient (Wildman–Crippen LogP) is 2.66. The summed E-state index contributed by atoms with van der Waals surface area (Å²) in [5.74, 6) is 0.170. The molecule has 2 unspecified atom stereocenters. The highest BCUT2D eigenvalue weighted by molar-refractivity contribution is 7.09. The predicted molar refractivity (Wildman–Crippen MR) is 76.2 cm³/mol. The van der Waals surface area contributed by atoms with Crippen LogP contribution in [0.15, 0.2) is 5.38 Å². The highest BCUT2D eigenvalue weighted by atomic mass is 32.1. The summed E-state index contributed by atoms with van der Waals surface area (Å²) in [6.07, 6.45) is 5.08. The molecule has 1 fully saturated rings. The Bertz CT molecular complexity index is 366. The summed E-state index contributed by atoms with van der Waals surface area (Å²) in [4.78, 5) is 7.26. The van der Waals surface area contributed by atoms with Gasteiger partial charge in [-0.3, -0.25) is 0 Å². The van der Waals surface area contributed by atoms with Gasteiger partial charge >= 0.3 is 0 Å². The number of hydrogen-bond donors (Lipinski definition) is 1. The quantitative estimate of drug-likeness (QED) is 0.892. The van der Waals surface area contributed by atoms with E-state index in [1.54, 1.807) is 11.3 Å². The summed E-state index contributed by atoms with van der Waals surface area (Å²) in [7, 11) is 0. The lowest BCUT2D eigenvalue weighted by atomic mass is 10.00. The summed E-state index contributed by atoms with van der Waals surface area (Å²) in [5.41, 5.74) is 1.05. The molecule has 1 N–H and O–H groups in total. The van der Waals surface area contributed by atoms with Crippen LogP contribution in [0.5, 0.6) is 0 Å². The van der Waals surface area contributed by atoms with Crippen LogP contribution in [0.3, 0.4) is 0 Å². The van der Waals surface area contributed by atoms with Crippen molar-refractivity contribution in [3.8, 4) is 0 Å². The first-order valence-corrected chi connectivity index (χ1v) is 7.91. The fraction of sp³-hybridized carbons (Fsp3) is 0.786. The Kier molecular flexibility index (Phi) is 5.15. The van der Waals surface area contributed by atoms with Crippen LogP contribution >= 0.6 is 11.3 Å². The molecule has 0 spiro atoms. The standard InChI is InChI=1S/C14H24N2OS/c1-3-16-7-5-4-6-12(16)8-14-15-13(10-18-14)11(2)9-17/h10-12,17H,3-9H2,1-2H3. The van der Waals surface area contributed by atoms with E-state index < -0.39 is 0 Å². The summed E-state index contributed by atoms with van der Waals surface area (Å²) < 4.78 is 0. The fourth-order valence-electron chi connectivity index (χ4n) is 2.65. The Morgan fingerprint density at radius 3 is 3.11 bits per heavy atom. The van der Waals surface area contributed by atoms with Crippen LogP contribution in [0, 0.1) is 0 Å². The summed E-state index contributed by atoms with van der Waals surface area (Å²) in [6, 6.07) is 0.673. The number of likely N-dealkylation sites (tertiary alicyclic amines) is 1. The molecule has 1 aromatic heterocycles. The lowest BCUT2D eigenvalue weighted by Crippen LogP contribution is -2.40. The van der Waals surface area contributed by atoms with E-state index >= 15 is 0 Å². The van der Waals surface area contributed by atoms with Gasteiger partial charge < -0.3 is 10.0 Å². The second kappa shape index (κ2) is 6.64. The molecule has 102 valence electrons. The van der Waals surface area contributed by atoms with E-state index in [-0.39, 0.29) is 12.5 Å². The molecule has 0 amide bonds. The van der Waals surface area contributed by atoms with Crippen molar-refractivity contribution in [2.75, 3.05) is 19.7 Å². The number of likely N-dealkylation sites (N-methyl/N-ethyl adjacent to an activating group) is 1. The molecule has 2 atom stereocenters. The van der Waals surface area contributed by atoms with E-state index in [1.165, 1.54) is 30.8 Å². The second-order valence-electron chi connectivity index (χ2n) is 5.23. The van der Waals surface area contributed by atoms with E-state index in [2.05, 4.69) is 22.2 Å². The third kappa shape index (κ3) is 3.31. The van der Waals surface area contributed by atoms with Crippen molar-refractivity contribution in [1.82, 2.24) is 9.88 Å². The number of thiazole rings is 1. The average molecular weight is 268 g/mol. The van der Waals surface area contributed by atoms with Crippen molar-refractivity contribution >= 4 is 11.3 Å². The van der Waals surface area contributed by atoms with Crippen molar-refractivity contribution in [2.24, 2.45) is 0 Å². The van der Waals surface area contributed by atoms with Crippen molar-refractivity contribution in [3.05, 3.63) is 16.1 Å². The van der Waals surface area contributed by atoms with Crippen molar-refractivity contribution in [2.45, 2.75) is 51.5 Å². The molecule has 3 nitrogen and oxygen atoms in total. The van der Waals surface area contributed by atoms with E-state index in [4.69, 9.17) is 5.11 Å². The SMILES string of the molecule is CCN1CCCCC1Cc1nc(C(C)CO)cs1. The Balaban J connectivity index is 1.97. The van der Waals surface area contributed by atoms with Crippen molar-refractivity contribution in [3.63, 3.8) is 0 Å². The molecular weight excluding hydrogens is 244 g/mol. The molecule has 0 saturated carbocycles. The molecular formula is C14H24N2OS. The third-order valence-electron chi connectivity index (χ3n) is 3.91. The van der Waals surface area contributed by atoms with Crippen LogP contribution < -0.4 is 0 Å². The number of hydrogen-bond acceptors (Lipinski definition) is 4. The number of aromatic nitrogens is 1. The van der Waals surface area contributed by atoms with Crippen molar-refractivity contribution < 1.29 is 5.11 Å². The zero-order valence-corrected chi connectivity index (χ0v) is 12.2. The lowest BCUT2D eigenvalue weighted by molar-refractivity contribution is 0.155. The van der Waals surface area contributed by atoms with Crippen LogP contribution in [0.2, 0.25) is 0 Å². The van der Waals surface area contributed by atoms with Gasteiger partial charge in [-0.05, 0) is 25.9 Å². The molecule has 0 aromatic carbocycles. The van der Waals surface area contributed by atoms with Gasteiger partial charge in [-0.15, -0.1) is 11.3 Å². The van der Waals surface area contributed by atoms with Gasteiger partial charge in [-0.1, -0.05) is 20.3 Å². The molecule has 2 heterocycles. The molecule has 18 heavy (non-hydrogen) atoms. The maximum absolute atomic E-state index is 9.16. The topological polar surface area (TPSA) is 36.4 Å². The van der Waals surface area contributed by atoms with E-state index in [9.17, 15) is 0 Å². The Labute approximate surface area is 114 Å². The highest BCUT2D eigenvalue weighted by Crippen LogP contribution is 2.24. The van der Waals surface area contributed by atoms with E-state index in [0.29, 0.717) is 6.04 Å². The molecule has 1 aliphatic rings. The van der Waals surface area contributed by atoms with E-state index in [1.807, 2.05) is 6.92 Å². The van der Waals surface area contributed by atoms with Crippen LogP contribution in [0.25, 0.3) is 0 Å². The average Bonchev–Trinajstić information content (AvgIpc) is 2.87. The van der Waals surface area contributed by atoms with Gasteiger partial charge in [-0.25, -0.2) is 4.98 Å². The van der Waals surface area contributed by atoms with Crippen LogP contribution in [0.4, 0.5) is 0 Å². The minimum absolute atomic E-state index is 0.170. The molecule has 1 saturated heterocycles. The number of nitrogens with zero attached hydrogens (tertiary/aromatic N) is 2. The third-order valence-corrected chi connectivity index (χ3v) is 4.80. The van der Waals surface area contributed by atoms with Gasteiger partial charge in [0, 0.05) is 23.8 Å².